The van der Waals surface area contributed by atoms with Crippen LogP contribution in [0.5, 0.6) is 5.75 Å². The van der Waals surface area contributed by atoms with Crippen molar-refractivity contribution in [2.75, 3.05) is 26.3 Å². The van der Waals surface area contributed by atoms with Crippen LogP contribution in [0.3, 0.4) is 0 Å². The van der Waals surface area contributed by atoms with Crippen LogP contribution in [0, 0.1) is 0 Å². The Bertz CT molecular complexity index is 643. The molecule has 134 valence electrons. The van der Waals surface area contributed by atoms with Crippen LogP contribution in [0.4, 0.5) is 0 Å². The summed E-state index contributed by atoms with van der Waals surface area (Å²) in [5, 5.41) is 19.5. The number of aliphatic hydroxyl groups is 2. The lowest BCUT2D eigenvalue weighted by Crippen LogP contribution is -2.37. The molecule has 0 radical (unpaired) electrons. The number of ketones is 1. The highest BCUT2D eigenvalue weighted by Crippen LogP contribution is 2.13. The summed E-state index contributed by atoms with van der Waals surface area (Å²) in [6.45, 7) is 3.25. The molecule has 0 heterocycles. The number of nitrogens with zero attached hydrogens (tertiary/aromatic N) is 1. The minimum Gasteiger partial charge on any atom is -0.491 e. The zero-order valence-corrected chi connectivity index (χ0v) is 14.5. The van der Waals surface area contributed by atoms with Gasteiger partial charge in [0, 0.05) is 25.2 Å². The monoisotopic (exact) mass is 343 g/mol. The molecule has 0 fully saturated rings. The summed E-state index contributed by atoms with van der Waals surface area (Å²) >= 11 is 0. The lowest BCUT2D eigenvalue weighted by molar-refractivity contribution is 0.0590. The molecule has 5 nitrogen and oxygen atoms in total. The Morgan fingerprint density at radius 3 is 2.40 bits per heavy atom. The first-order valence-electron chi connectivity index (χ1n) is 8.37. The van der Waals surface area contributed by atoms with Crippen molar-refractivity contribution in [2.45, 2.75) is 19.6 Å². The number of hydrogen-bond acceptors (Lipinski definition) is 5. The van der Waals surface area contributed by atoms with Gasteiger partial charge < -0.3 is 14.9 Å². The first-order chi connectivity index (χ1) is 12.1. The van der Waals surface area contributed by atoms with Gasteiger partial charge in [0.15, 0.2) is 5.78 Å². The smallest absolute Gasteiger partial charge is 0.159 e. The predicted molar refractivity (Wildman–Crippen MR) is 96.8 cm³/mol. The molecule has 2 N–H and O–H groups in total. The summed E-state index contributed by atoms with van der Waals surface area (Å²) in [5.74, 6) is 0.618. The molecule has 2 rings (SSSR count). The maximum Gasteiger partial charge on any atom is 0.159 e. The molecular formula is C20H25NO4. The van der Waals surface area contributed by atoms with Crippen molar-refractivity contribution in [3.8, 4) is 5.75 Å². The lowest BCUT2D eigenvalue weighted by Gasteiger charge is -2.24. The summed E-state index contributed by atoms with van der Waals surface area (Å²) in [7, 11) is 0. The molecule has 0 saturated carbocycles. The van der Waals surface area contributed by atoms with Gasteiger partial charge in [0.25, 0.3) is 0 Å². The fourth-order valence-corrected chi connectivity index (χ4v) is 2.55. The Balaban J connectivity index is 1.83. The standard InChI is InChI=1S/C20H25NO4/c1-16(23)18-7-9-20(10-8-18)25-15-19(24)14-21(11-12-22)13-17-5-3-2-4-6-17/h2-10,19,22,24H,11-15H2,1H3/t19-/m0/s1. The fourth-order valence-electron chi connectivity index (χ4n) is 2.55. The molecule has 0 aliphatic heterocycles. The van der Waals surface area contributed by atoms with Crippen molar-refractivity contribution >= 4 is 5.78 Å². The van der Waals surface area contributed by atoms with Gasteiger partial charge in [-0.2, -0.15) is 0 Å². The zero-order chi connectivity index (χ0) is 18.1. The molecule has 0 unspecified atom stereocenters. The van der Waals surface area contributed by atoms with Crippen molar-refractivity contribution in [1.82, 2.24) is 4.90 Å². The van der Waals surface area contributed by atoms with Crippen LogP contribution in [0.25, 0.3) is 0 Å². The highest BCUT2D eigenvalue weighted by atomic mass is 16.5. The van der Waals surface area contributed by atoms with E-state index in [1.165, 1.54) is 6.92 Å². The van der Waals surface area contributed by atoms with Gasteiger partial charge in [0.1, 0.15) is 18.5 Å². The molecule has 25 heavy (non-hydrogen) atoms. The summed E-state index contributed by atoms with van der Waals surface area (Å²) in [6, 6.07) is 16.8. The molecular weight excluding hydrogens is 318 g/mol. The summed E-state index contributed by atoms with van der Waals surface area (Å²) in [5.41, 5.74) is 1.76. The van der Waals surface area contributed by atoms with E-state index in [0.717, 1.165) is 5.56 Å². The second kappa shape index (κ2) is 9.93. The number of ether oxygens (including phenoxy) is 1. The average Bonchev–Trinajstić information content (AvgIpc) is 2.61. The first-order valence-corrected chi connectivity index (χ1v) is 8.37. The SMILES string of the molecule is CC(=O)c1ccc(OC[C@@H](O)CN(CCO)Cc2ccccc2)cc1. The number of carbonyl (C=O) groups is 1. The average molecular weight is 343 g/mol. The number of rotatable bonds is 10. The minimum absolute atomic E-state index is 0.00661. The van der Waals surface area contributed by atoms with E-state index < -0.39 is 6.10 Å². The van der Waals surface area contributed by atoms with Gasteiger partial charge in [-0.25, -0.2) is 0 Å². The third-order valence-corrected chi connectivity index (χ3v) is 3.84. The largest absolute Gasteiger partial charge is 0.491 e. The lowest BCUT2D eigenvalue weighted by atomic mass is 10.1. The van der Waals surface area contributed by atoms with Gasteiger partial charge in [-0.05, 0) is 36.8 Å². The predicted octanol–water partition coefficient (Wildman–Crippen LogP) is 2.12. The van der Waals surface area contributed by atoms with E-state index in [0.29, 0.717) is 30.9 Å². The molecule has 2 aromatic rings. The molecule has 0 spiro atoms. The Labute approximate surface area is 148 Å². The number of hydrogen-bond donors (Lipinski definition) is 2. The molecule has 0 bridgehead atoms. The zero-order valence-electron chi connectivity index (χ0n) is 14.5. The number of carbonyl (C=O) groups excluding carboxylic acids is 1. The molecule has 1 atom stereocenters. The van der Waals surface area contributed by atoms with Crippen LogP contribution in [-0.2, 0) is 6.54 Å². The van der Waals surface area contributed by atoms with E-state index in [1.807, 2.05) is 35.2 Å². The fraction of sp³-hybridized carbons (Fsp3) is 0.350. The maximum atomic E-state index is 11.2. The normalized spacial score (nSPS) is 12.2. The van der Waals surface area contributed by atoms with E-state index in [9.17, 15) is 15.0 Å². The third kappa shape index (κ3) is 6.66. The van der Waals surface area contributed by atoms with Crippen molar-refractivity contribution in [2.24, 2.45) is 0 Å². The van der Waals surface area contributed by atoms with Crippen LogP contribution < -0.4 is 4.74 Å². The van der Waals surface area contributed by atoms with Gasteiger partial charge in [-0.15, -0.1) is 0 Å². The number of Topliss-reactive ketones (excluding diaryl/α,β-unsaturated/α-hetero) is 1. The minimum atomic E-state index is -0.678. The van der Waals surface area contributed by atoms with Gasteiger partial charge >= 0.3 is 0 Å². The van der Waals surface area contributed by atoms with Crippen molar-refractivity contribution in [3.05, 3.63) is 65.7 Å². The Kier molecular flexibility index (Phi) is 7.60. The van der Waals surface area contributed by atoms with Gasteiger partial charge in [-0.3, -0.25) is 9.69 Å². The van der Waals surface area contributed by atoms with Crippen LogP contribution in [0.1, 0.15) is 22.8 Å². The third-order valence-electron chi connectivity index (χ3n) is 3.84. The van der Waals surface area contributed by atoms with Crippen molar-refractivity contribution in [1.29, 1.82) is 0 Å². The van der Waals surface area contributed by atoms with E-state index >= 15 is 0 Å². The van der Waals surface area contributed by atoms with Crippen molar-refractivity contribution in [3.63, 3.8) is 0 Å². The van der Waals surface area contributed by atoms with E-state index in [2.05, 4.69) is 0 Å². The molecule has 5 heteroatoms. The molecule has 0 aliphatic carbocycles. The van der Waals surface area contributed by atoms with Crippen LogP contribution in [-0.4, -0.2) is 53.3 Å². The van der Waals surface area contributed by atoms with Crippen LogP contribution >= 0.6 is 0 Å². The second-order valence-electron chi connectivity index (χ2n) is 5.99. The quantitative estimate of drug-likeness (QED) is 0.647. The Morgan fingerprint density at radius 2 is 1.80 bits per heavy atom. The highest BCUT2D eigenvalue weighted by Gasteiger charge is 2.13. The Morgan fingerprint density at radius 1 is 1.12 bits per heavy atom. The van der Waals surface area contributed by atoms with Gasteiger partial charge in [-0.1, -0.05) is 30.3 Å². The van der Waals surface area contributed by atoms with Gasteiger partial charge in [0.2, 0.25) is 0 Å². The first kappa shape index (κ1) is 19.1. The molecule has 0 amide bonds. The number of aliphatic hydroxyl groups excluding tert-OH is 2. The molecule has 0 aromatic heterocycles. The topological polar surface area (TPSA) is 70.0 Å². The summed E-state index contributed by atoms with van der Waals surface area (Å²) in [4.78, 5) is 13.2. The Hall–Kier alpha value is -2.21. The van der Waals surface area contributed by atoms with E-state index in [4.69, 9.17) is 4.74 Å². The number of benzene rings is 2. The molecule has 2 aromatic carbocycles. The molecule has 0 aliphatic rings. The summed E-state index contributed by atoms with van der Waals surface area (Å²) in [6.07, 6.45) is -0.678. The van der Waals surface area contributed by atoms with Crippen LogP contribution in [0.2, 0.25) is 0 Å². The van der Waals surface area contributed by atoms with E-state index in [-0.39, 0.29) is 19.0 Å². The highest BCUT2D eigenvalue weighted by molar-refractivity contribution is 5.94. The van der Waals surface area contributed by atoms with Gasteiger partial charge in [0.05, 0.1) is 6.61 Å². The maximum absolute atomic E-state index is 11.2. The summed E-state index contributed by atoms with van der Waals surface area (Å²) < 4.78 is 5.58. The van der Waals surface area contributed by atoms with Crippen LogP contribution in [0.15, 0.2) is 54.6 Å². The van der Waals surface area contributed by atoms with Crippen molar-refractivity contribution < 1.29 is 19.7 Å². The second-order valence-corrected chi connectivity index (χ2v) is 5.99. The van der Waals surface area contributed by atoms with E-state index in [1.54, 1.807) is 24.3 Å². The molecule has 0 saturated heterocycles.